The van der Waals surface area contributed by atoms with Crippen LogP contribution < -0.4 is 0 Å². The van der Waals surface area contributed by atoms with E-state index in [1.165, 1.54) is 0 Å². The third-order valence-electron chi connectivity index (χ3n) is 0.176. The van der Waals surface area contributed by atoms with Gasteiger partial charge in [-0.25, -0.2) is 0 Å². The van der Waals surface area contributed by atoms with Crippen molar-refractivity contribution in [3.05, 3.63) is 0 Å². The van der Waals surface area contributed by atoms with Crippen molar-refractivity contribution >= 4 is 87.5 Å². The van der Waals surface area contributed by atoms with Crippen LogP contribution in [-0.2, 0) is 6.14 Å². The summed E-state index contributed by atoms with van der Waals surface area (Å²) in [6, 6.07) is 0. The van der Waals surface area contributed by atoms with Gasteiger partial charge in [0.15, 0.2) is 0 Å². The Labute approximate surface area is 90.0 Å². The molecule has 0 bridgehead atoms. The average Bonchev–Trinajstić information content (AvgIpc) is 1.27. The molecule has 0 amide bonds. The summed E-state index contributed by atoms with van der Waals surface area (Å²) < 4.78 is 18.2. The summed E-state index contributed by atoms with van der Waals surface area (Å²) in [7, 11) is 0. The van der Waals surface area contributed by atoms with Crippen molar-refractivity contribution in [2.24, 2.45) is 0 Å². The Hall–Kier alpha value is 3.98. The Morgan fingerprint density at radius 3 is 1.12 bits per heavy atom. The van der Waals surface area contributed by atoms with Crippen molar-refractivity contribution in [1.82, 2.24) is 0 Å². The molecule has 0 spiro atoms. The van der Waals surface area contributed by atoms with Gasteiger partial charge in [0, 0.05) is 0 Å². The van der Waals surface area contributed by atoms with Gasteiger partial charge in [-0.1, -0.05) is 0 Å². The second-order valence-electron chi connectivity index (χ2n) is 0.720. The fourth-order valence-electron chi connectivity index (χ4n) is 0. The maximum absolute atomic E-state index is 10.5. The second kappa shape index (κ2) is 3.79. The minimum atomic E-state index is -3.00. The summed E-state index contributed by atoms with van der Waals surface area (Å²) in [6.07, 6.45) is 0. The molecule has 8 heavy (non-hydrogen) atoms. The van der Waals surface area contributed by atoms with Gasteiger partial charge in [0.1, 0.15) is 0 Å². The third kappa shape index (κ3) is 5.61. The molecule has 0 saturated heterocycles. The van der Waals surface area contributed by atoms with Crippen molar-refractivity contribution in [3.8, 4) is 0 Å². The minimum absolute atomic E-state index is 2.09. The molecule has 0 fully saturated rings. The van der Waals surface area contributed by atoms with Gasteiger partial charge >= 0.3 is 93.6 Å². The zero-order valence-corrected chi connectivity index (χ0v) is 16.0. The molecule has 0 aliphatic heterocycles. The van der Waals surface area contributed by atoms with E-state index in [0.717, 1.165) is 0 Å². The summed E-state index contributed by atoms with van der Waals surface area (Å²) in [5.74, 6) is 0. The molecule has 0 aromatic rings. The molecule has 0 saturated carbocycles. The van der Waals surface area contributed by atoms with E-state index < -0.39 is 13.0 Å². The van der Waals surface area contributed by atoms with Crippen molar-refractivity contribution in [3.63, 3.8) is 0 Å². The first kappa shape index (κ1) is 12.0. The fourth-order valence-corrected chi connectivity index (χ4v) is 0. The number of halogens is 6. The van der Waals surface area contributed by atoms with Gasteiger partial charge in [-0.2, -0.15) is 0 Å². The summed E-state index contributed by atoms with van der Waals surface area (Å²) in [5.41, 5.74) is 0. The Morgan fingerprint density at radius 1 is 1.00 bits per heavy atom. The predicted molar refractivity (Wildman–Crippen MR) is 85.5 cm³/mol. The molecule has 0 rings (SSSR count). The van der Waals surface area contributed by atoms with E-state index in [1.807, 2.05) is 0 Å². The van der Waals surface area contributed by atoms with Crippen molar-refractivity contribution in [1.29, 1.82) is 0 Å². The van der Waals surface area contributed by atoms with Crippen LogP contribution in [0.2, 0.25) is 0 Å². The number of hydrogen-bond acceptors (Lipinski definition) is 2. The molecular weight excluding hydrogens is 793 g/mol. The Morgan fingerprint density at radius 2 is 1.12 bits per heavy atom. The fraction of sp³-hybridized carbons (Fsp3) is 0. The van der Waals surface area contributed by atoms with E-state index in [0.29, 0.717) is 0 Å². The molecule has 0 aliphatic carbocycles. The molecule has 8 heteroatoms. The van der Waals surface area contributed by atoms with E-state index in [1.54, 1.807) is 0 Å². The maximum atomic E-state index is 10.5. The molecule has 0 heterocycles. The zero-order valence-electron chi connectivity index (χ0n) is 3.08. The first-order chi connectivity index (χ1) is 3.20. The van der Waals surface area contributed by atoms with E-state index in [9.17, 15) is 6.14 Å². The van der Waals surface area contributed by atoms with E-state index in [2.05, 4.69) is 74.5 Å². The monoisotopic (exact) mass is 793 g/mol. The molecule has 0 aliphatic rings. The zero-order chi connectivity index (χ0) is 7.02. The Balaban J connectivity index is 4.66. The normalized spacial score (nSPS) is 17.9. The van der Waals surface area contributed by atoms with Crippen LogP contribution in [0.3, 0.4) is 0 Å². The van der Waals surface area contributed by atoms with Gasteiger partial charge in [-0.3, -0.25) is 0 Å². The van der Waals surface area contributed by atoms with Crippen LogP contribution >= 0.6 is 87.5 Å². The standard InChI is InChI=1S/I6O2/c1-6(2,3,4)5(7)8. The number of hydrogen-bond donors (Lipinski definition) is 0. The molecule has 54 valence electrons. The van der Waals surface area contributed by atoms with Crippen molar-refractivity contribution in [2.45, 2.75) is 0 Å². The van der Waals surface area contributed by atoms with Gasteiger partial charge in [-0.05, 0) is 0 Å². The summed E-state index contributed by atoms with van der Waals surface area (Å²) >= 11 is 5.37. The van der Waals surface area contributed by atoms with Crippen LogP contribution in [0.25, 0.3) is 0 Å². The van der Waals surface area contributed by atoms with Crippen molar-refractivity contribution in [2.75, 3.05) is 0 Å². The van der Waals surface area contributed by atoms with Gasteiger partial charge in [0.25, 0.3) is 0 Å². The van der Waals surface area contributed by atoms with Crippen LogP contribution in [-0.4, -0.2) is 0 Å². The second-order valence-corrected chi connectivity index (χ2v) is 169. The SMILES string of the molecule is O=I(=O)I(I)(I)(I)I. The van der Waals surface area contributed by atoms with Crippen LogP contribution in [0.15, 0.2) is 0 Å². The first-order valence-electron chi connectivity index (χ1n) is 1.02. The summed E-state index contributed by atoms with van der Waals surface area (Å²) in [6.45, 7) is 0. The van der Waals surface area contributed by atoms with Gasteiger partial charge in [0.05, 0.1) is 0 Å². The molecule has 2 nitrogen and oxygen atoms in total. The van der Waals surface area contributed by atoms with Crippen molar-refractivity contribution < 1.29 is 6.14 Å². The quantitative estimate of drug-likeness (QED) is 0.348. The Bertz CT molecular complexity index is 138. The molecule has 0 unspecified atom stereocenters. The van der Waals surface area contributed by atoms with Crippen LogP contribution in [0.1, 0.15) is 0 Å². The first-order valence-corrected chi connectivity index (χ1v) is 34.2. The topological polar surface area (TPSA) is 34.1 Å². The van der Waals surface area contributed by atoms with Crippen LogP contribution in [0, 0.1) is 0 Å². The van der Waals surface area contributed by atoms with E-state index >= 15 is 0 Å². The third-order valence-corrected chi connectivity index (χ3v) is 53.2. The van der Waals surface area contributed by atoms with Crippen LogP contribution in [0.5, 0.6) is 0 Å². The summed E-state index contributed by atoms with van der Waals surface area (Å²) in [4.78, 5) is 0. The van der Waals surface area contributed by atoms with Crippen LogP contribution in [0.4, 0.5) is 0 Å². The molecule has 0 N–H and O–H groups in total. The average molecular weight is 793 g/mol. The summed E-state index contributed by atoms with van der Waals surface area (Å²) in [5, 5.41) is 0. The Kier molecular flexibility index (Phi) is 5.68. The van der Waals surface area contributed by atoms with Gasteiger partial charge in [-0.15, -0.1) is 0 Å². The molecular formula is I6O2. The molecule has 0 aromatic carbocycles. The van der Waals surface area contributed by atoms with Gasteiger partial charge in [0.2, 0.25) is 0 Å². The van der Waals surface area contributed by atoms with Gasteiger partial charge < -0.3 is 0 Å². The van der Waals surface area contributed by atoms with E-state index in [4.69, 9.17) is 0 Å². The molecule has 0 aromatic heterocycles. The number of rotatable bonds is 1. The molecule has 0 atom stereocenters. The predicted octanol–water partition coefficient (Wildman–Crippen LogP) is 5.08. The van der Waals surface area contributed by atoms with E-state index in [-0.39, 0.29) is 0 Å². The molecule has 0 radical (unpaired) electrons.